The molecule has 0 spiro atoms. The van der Waals surface area contributed by atoms with Gasteiger partial charge in [-0.1, -0.05) is 0 Å². The van der Waals surface area contributed by atoms with E-state index >= 15 is 0 Å². The van der Waals surface area contributed by atoms with Crippen LogP contribution in [0.3, 0.4) is 0 Å². The Hall–Kier alpha value is -0.610. The van der Waals surface area contributed by atoms with Gasteiger partial charge in [0.2, 0.25) is 0 Å². The molecule has 2 aliphatic heterocycles. The molecule has 2 aliphatic rings. The zero-order chi connectivity index (χ0) is 7.84. The number of fused-ring (bicyclic) bond motifs is 1. The summed E-state index contributed by atoms with van der Waals surface area (Å²) in [6.07, 6.45) is 1.14. The van der Waals surface area contributed by atoms with E-state index in [0.717, 1.165) is 13.1 Å². The SMILES string of the molecule is CCOC(=O)C1N2CCCN12. The first-order chi connectivity index (χ1) is 5.34. The highest BCUT2D eigenvalue weighted by atomic mass is 16.5. The topological polar surface area (TPSA) is 32.3 Å². The van der Waals surface area contributed by atoms with Gasteiger partial charge in [0.25, 0.3) is 0 Å². The van der Waals surface area contributed by atoms with Crippen LogP contribution in [0.25, 0.3) is 0 Å². The quantitative estimate of drug-likeness (QED) is 0.410. The van der Waals surface area contributed by atoms with Gasteiger partial charge >= 0.3 is 5.97 Å². The van der Waals surface area contributed by atoms with Gasteiger partial charge in [-0.3, -0.25) is 0 Å². The Balaban J connectivity index is 1.85. The smallest absolute Gasteiger partial charge is 0.341 e. The van der Waals surface area contributed by atoms with Crippen LogP contribution in [-0.4, -0.2) is 41.8 Å². The minimum absolute atomic E-state index is 0.0382. The Morgan fingerprint density at radius 2 is 2.18 bits per heavy atom. The summed E-state index contributed by atoms with van der Waals surface area (Å²) in [6, 6.07) is 0. The number of hydrogen-bond donors (Lipinski definition) is 0. The molecule has 62 valence electrons. The van der Waals surface area contributed by atoms with Crippen LogP contribution in [0.2, 0.25) is 0 Å². The molecule has 2 atom stereocenters. The summed E-state index contributed by atoms with van der Waals surface area (Å²) in [4.78, 5) is 11.1. The molecule has 11 heavy (non-hydrogen) atoms. The summed E-state index contributed by atoms with van der Waals surface area (Å²) in [5.41, 5.74) is 0. The van der Waals surface area contributed by atoms with E-state index in [4.69, 9.17) is 4.74 Å². The highest BCUT2D eigenvalue weighted by molar-refractivity contribution is 5.77. The first-order valence-corrected chi connectivity index (χ1v) is 4.04. The van der Waals surface area contributed by atoms with E-state index < -0.39 is 0 Å². The van der Waals surface area contributed by atoms with E-state index in [9.17, 15) is 4.79 Å². The van der Waals surface area contributed by atoms with Gasteiger partial charge in [0.1, 0.15) is 0 Å². The van der Waals surface area contributed by atoms with Crippen molar-refractivity contribution in [1.29, 1.82) is 0 Å². The van der Waals surface area contributed by atoms with Crippen LogP contribution in [0.4, 0.5) is 0 Å². The Morgan fingerprint density at radius 3 is 2.73 bits per heavy atom. The molecule has 0 N–H and O–H groups in total. The molecular formula is C7H12N2O2. The first-order valence-electron chi connectivity index (χ1n) is 4.04. The molecule has 0 aromatic rings. The predicted molar refractivity (Wildman–Crippen MR) is 38.5 cm³/mol. The van der Waals surface area contributed by atoms with E-state index in [-0.39, 0.29) is 12.1 Å². The first kappa shape index (κ1) is 7.06. The predicted octanol–water partition coefficient (Wildman–Crippen LogP) is -0.188. The van der Waals surface area contributed by atoms with Crippen molar-refractivity contribution >= 4 is 5.97 Å². The van der Waals surface area contributed by atoms with E-state index in [1.54, 1.807) is 0 Å². The number of carbonyl (C=O) groups is 1. The van der Waals surface area contributed by atoms with Gasteiger partial charge in [0, 0.05) is 13.1 Å². The van der Waals surface area contributed by atoms with Crippen LogP contribution < -0.4 is 0 Å². The highest BCUT2D eigenvalue weighted by Crippen LogP contribution is 2.32. The van der Waals surface area contributed by atoms with Gasteiger partial charge in [-0.05, 0) is 13.3 Å². The third kappa shape index (κ3) is 1.02. The van der Waals surface area contributed by atoms with Crippen LogP contribution in [0.1, 0.15) is 13.3 Å². The van der Waals surface area contributed by atoms with E-state index in [1.807, 2.05) is 6.92 Å². The van der Waals surface area contributed by atoms with Crippen LogP contribution in [0.15, 0.2) is 0 Å². The largest absolute Gasteiger partial charge is 0.464 e. The van der Waals surface area contributed by atoms with Gasteiger partial charge in [0.15, 0.2) is 6.17 Å². The molecule has 0 bridgehead atoms. The third-order valence-electron chi connectivity index (χ3n) is 2.11. The lowest BCUT2D eigenvalue weighted by atomic mass is 10.4. The number of carbonyl (C=O) groups excluding carboxylic acids is 1. The lowest BCUT2D eigenvalue weighted by Crippen LogP contribution is -2.20. The van der Waals surface area contributed by atoms with Crippen molar-refractivity contribution in [2.24, 2.45) is 0 Å². The van der Waals surface area contributed by atoms with Crippen molar-refractivity contribution in [3.05, 3.63) is 0 Å². The molecule has 0 amide bonds. The van der Waals surface area contributed by atoms with E-state index in [1.165, 1.54) is 6.42 Å². The molecule has 0 radical (unpaired) electrons. The molecule has 4 nitrogen and oxygen atoms in total. The van der Waals surface area contributed by atoms with Crippen molar-refractivity contribution in [3.8, 4) is 0 Å². The van der Waals surface area contributed by atoms with E-state index in [0.29, 0.717) is 6.61 Å². The summed E-state index contributed by atoms with van der Waals surface area (Å²) in [5, 5.41) is 4.11. The standard InChI is InChI=1S/C7H12N2O2/c1-2-11-7(10)6-8-4-3-5-9(6)8/h6H,2-5H2,1H3. The molecule has 0 aromatic carbocycles. The second kappa shape index (κ2) is 2.46. The molecule has 2 heterocycles. The third-order valence-corrected chi connectivity index (χ3v) is 2.11. The fourth-order valence-corrected chi connectivity index (χ4v) is 1.60. The van der Waals surface area contributed by atoms with Gasteiger partial charge < -0.3 is 4.74 Å². The van der Waals surface area contributed by atoms with Crippen molar-refractivity contribution in [1.82, 2.24) is 10.0 Å². The molecule has 2 fully saturated rings. The fraction of sp³-hybridized carbons (Fsp3) is 0.857. The second-order valence-electron chi connectivity index (χ2n) is 2.81. The van der Waals surface area contributed by atoms with Crippen molar-refractivity contribution in [2.75, 3.05) is 19.7 Å². The Bertz CT molecular complexity index is 173. The van der Waals surface area contributed by atoms with Gasteiger partial charge in [-0.2, -0.15) is 0 Å². The number of rotatable bonds is 2. The zero-order valence-corrected chi connectivity index (χ0v) is 6.62. The van der Waals surface area contributed by atoms with Crippen LogP contribution >= 0.6 is 0 Å². The average molecular weight is 156 g/mol. The van der Waals surface area contributed by atoms with Crippen molar-refractivity contribution in [3.63, 3.8) is 0 Å². The minimum Gasteiger partial charge on any atom is -0.464 e. The van der Waals surface area contributed by atoms with Crippen LogP contribution in [0.5, 0.6) is 0 Å². The fourth-order valence-electron chi connectivity index (χ4n) is 1.60. The number of ether oxygens (including phenoxy) is 1. The molecule has 2 rings (SSSR count). The summed E-state index contributed by atoms with van der Waals surface area (Å²) in [5.74, 6) is -0.0906. The van der Waals surface area contributed by atoms with Gasteiger partial charge in [-0.15, -0.1) is 0 Å². The molecule has 0 saturated carbocycles. The summed E-state index contributed by atoms with van der Waals surface area (Å²) in [7, 11) is 0. The molecule has 2 unspecified atom stereocenters. The normalized spacial score (nSPS) is 39.9. The van der Waals surface area contributed by atoms with Crippen LogP contribution in [0, 0.1) is 0 Å². The Morgan fingerprint density at radius 1 is 1.55 bits per heavy atom. The minimum atomic E-state index is -0.0906. The zero-order valence-electron chi connectivity index (χ0n) is 6.62. The Labute approximate surface area is 65.7 Å². The number of esters is 1. The van der Waals surface area contributed by atoms with Crippen molar-refractivity contribution in [2.45, 2.75) is 19.5 Å². The lowest BCUT2D eigenvalue weighted by molar-refractivity contribution is -0.144. The molecular weight excluding hydrogens is 144 g/mol. The second-order valence-corrected chi connectivity index (χ2v) is 2.81. The summed E-state index contributed by atoms with van der Waals surface area (Å²) >= 11 is 0. The van der Waals surface area contributed by atoms with E-state index in [2.05, 4.69) is 10.0 Å². The number of hydrazine groups is 1. The molecule has 2 saturated heterocycles. The van der Waals surface area contributed by atoms with Crippen LogP contribution in [-0.2, 0) is 9.53 Å². The lowest BCUT2D eigenvalue weighted by Gasteiger charge is -2.00. The number of nitrogens with zero attached hydrogens (tertiary/aromatic N) is 2. The number of hydrogen-bond acceptors (Lipinski definition) is 4. The maximum absolute atomic E-state index is 11.1. The summed E-state index contributed by atoms with van der Waals surface area (Å²) < 4.78 is 4.88. The van der Waals surface area contributed by atoms with Gasteiger partial charge in [-0.25, -0.2) is 14.8 Å². The average Bonchev–Trinajstić information content (AvgIpc) is 2.47. The maximum atomic E-state index is 11.1. The highest BCUT2D eigenvalue weighted by Gasteiger charge is 2.53. The Kier molecular flexibility index (Phi) is 1.58. The molecule has 4 heteroatoms. The van der Waals surface area contributed by atoms with Gasteiger partial charge in [0.05, 0.1) is 6.61 Å². The molecule has 0 aromatic heterocycles. The summed E-state index contributed by atoms with van der Waals surface area (Å²) in [6.45, 7) is 4.35. The monoisotopic (exact) mass is 156 g/mol. The molecule has 0 aliphatic carbocycles. The maximum Gasteiger partial charge on any atom is 0.341 e. The van der Waals surface area contributed by atoms with Crippen molar-refractivity contribution < 1.29 is 9.53 Å².